The van der Waals surface area contributed by atoms with Gasteiger partial charge in [-0.3, -0.25) is 4.79 Å². The largest absolute Gasteiger partial charge is 0.494 e. The van der Waals surface area contributed by atoms with Gasteiger partial charge in [0, 0.05) is 32.7 Å². The van der Waals surface area contributed by atoms with Crippen LogP contribution in [0.25, 0.3) is 5.69 Å². The number of nitrogens with zero attached hydrogens (tertiary/aromatic N) is 2. The highest BCUT2D eigenvalue weighted by Gasteiger charge is 2.10. The van der Waals surface area contributed by atoms with E-state index >= 15 is 0 Å². The molecule has 0 aliphatic heterocycles. The van der Waals surface area contributed by atoms with Gasteiger partial charge in [-0.1, -0.05) is 22.9 Å². The van der Waals surface area contributed by atoms with Gasteiger partial charge < -0.3 is 9.30 Å². The van der Waals surface area contributed by atoms with Gasteiger partial charge in [-0.2, -0.15) is 5.10 Å². The molecule has 29 heavy (non-hydrogen) atoms. The fourth-order valence-corrected chi connectivity index (χ4v) is 3.32. The van der Waals surface area contributed by atoms with Crippen LogP contribution in [0.4, 0.5) is 0 Å². The molecule has 1 amide bonds. The molecule has 6 heteroatoms. The quantitative estimate of drug-likeness (QED) is 0.384. The Bertz CT molecular complexity index is 1010. The minimum absolute atomic E-state index is 0.259. The average molecular weight is 454 g/mol. The fraction of sp³-hybridized carbons (Fsp3) is 0.217. The highest BCUT2D eigenvalue weighted by Crippen LogP contribution is 2.21. The van der Waals surface area contributed by atoms with Crippen LogP contribution in [0.15, 0.2) is 64.2 Å². The standard InChI is InChI=1S/C23H24BrN3O2/c1-4-13-29-22-11-5-18(6-12-22)23(28)26-25-15-19-14-16(2)27(17(19)3)21-9-7-20(24)8-10-21/h5-12,14-15H,4,13H2,1-3H3,(H,26,28)/b25-15+. The summed E-state index contributed by atoms with van der Waals surface area (Å²) in [5, 5.41) is 4.14. The second-order valence-corrected chi connectivity index (χ2v) is 7.63. The predicted molar refractivity (Wildman–Crippen MR) is 120 cm³/mol. The summed E-state index contributed by atoms with van der Waals surface area (Å²) in [7, 11) is 0. The summed E-state index contributed by atoms with van der Waals surface area (Å²) >= 11 is 3.46. The summed E-state index contributed by atoms with van der Waals surface area (Å²) in [4.78, 5) is 12.3. The SMILES string of the molecule is CCCOc1ccc(C(=O)N/N=C/c2cc(C)n(-c3ccc(Br)cc3)c2C)cc1. The lowest BCUT2D eigenvalue weighted by Crippen LogP contribution is -2.17. The zero-order chi connectivity index (χ0) is 20.8. The first-order valence-corrected chi connectivity index (χ1v) is 10.3. The van der Waals surface area contributed by atoms with Gasteiger partial charge in [-0.05, 0) is 74.9 Å². The zero-order valence-corrected chi connectivity index (χ0v) is 18.4. The summed E-state index contributed by atoms with van der Waals surface area (Å²) in [6.45, 7) is 6.80. The van der Waals surface area contributed by atoms with E-state index in [2.05, 4.69) is 50.1 Å². The maximum atomic E-state index is 12.3. The molecule has 1 heterocycles. The molecule has 5 nitrogen and oxygen atoms in total. The molecule has 3 aromatic rings. The topological polar surface area (TPSA) is 55.6 Å². The summed E-state index contributed by atoms with van der Waals surface area (Å²) in [6.07, 6.45) is 2.62. The molecule has 0 bridgehead atoms. The first kappa shape index (κ1) is 20.9. The zero-order valence-electron chi connectivity index (χ0n) is 16.8. The van der Waals surface area contributed by atoms with Crippen molar-refractivity contribution >= 4 is 28.1 Å². The number of ether oxygens (including phenoxy) is 1. The van der Waals surface area contributed by atoms with E-state index in [1.165, 1.54) is 0 Å². The Balaban J connectivity index is 1.68. The number of hydrogen-bond acceptors (Lipinski definition) is 3. The highest BCUT2D eigenvalue weighted by atomic mass is 79.9. The number of hydrazone groups is 1. The number of carbonyl (C=O) groups excluding carboxylic acids is 1. The van der Waals surface area contributed by atoms with E-state index in [0.29, 0.717) is 12.2 Å². The van der Waals surface area contributed by atoms with E-state index in [9.17, 15) is 4.79 Å². The highest BCUT2D eigenvalue weighted by molar-refractivity contribution is 9.10. The van der Waals surface area contributed by atoms with Gasteiger partial charge in [0.2, 0.25) is 0 Å². The van der Waals surface area contributed by atoms with Gasteiger partial charge in [0.25, 0.3) is 5.91 Å². The first-order valence-electron chi connectivity index (χ1n) is 9.50. The van der Waals surface area contributed by atoms with Crippen molar-refractivity contribution in [3.8, 4) is 11.4 Å². The molecule has 0 aliphatic carbocycles. The van der Waals surface area contributed by atoms with Crippen LogP contribution in [0, 0.1) is 13.8 Å². The van der Waals surface area contributed by atoms with Crippen LogP contribution in [0.3, 0.4) is 0 Å². The van der Waals surface area contributed by atoms with Gasteiger partial charge in [0.1, 0.15) is 5.75 Å². The van der Waals surface area contributed by atoms with Crippen LogP contribution in [0.5, 0.6) is 5.75 Å². The average Bonchev–Trinajstić information content (AvgIpc) is 3.00. The summed E-state index contributed by atoms with van der Waals surface area (Å²) < 4.78 is 8.73. The Morgan fingerprint density at radius 3 is 2.48 bits per heavy atom. The maximum absolute atomic E-state index is 12.3. The van der Waals surface area contributed by atoms with Crippen molar-refractivity contribution in [1.82, 2.24) is 9.99 Å². The van der Waals surface area contributed by atoms with Crippen molar-refractivity contribution < 1.29 is 9.53 Å². The number of nitrogens with one attached hydrogen (secondary N) is 1. The number of rotatable bonds is 7. The molecule has 0 saturated heterocycles. The third kappa shape index (κ3) is 5.15. The van der Waals surface area contributed by atoms with Gasteiger partial charge in [0.05, 0.1) is 12.8 Å². The predicted octanol–water partition coefficient (Wildman–Crippen LogP) is 5.41. The van der Waals surface area contributed by atoms with Gasteiger partial charge in [-0.15, -0.1) is 0 Å². The molecule has 0 unspecified atom stereocenters. The number of halogens is 1. The van der Waals surface area contributed by atoms with E-state index in [0.717, 1.165) is 39.3 Å². The van der Waals surface area contributed by atoms with Crippen LogP contribution in [-0.2, 0) is 0 Å². The van der Waals surface area contributed by atoms with Crippen LogP contribution in [-0.4, -0.2) is 23.3 Å². The summed E-state index contributed by atoms with van der Waals surface area (Å²) in [5.74, 6) is 0.497. The third-order valence-electron chi connectivity index (χ3n) is 4.51. The van der Waals surface area contributed by atoms with Crippen molar-refractivity contribution in [1.29, 1.82) is 0 Å². The molecule has 3 rings (SSSR count). The van der Waals surface area contributed by atoms with E-state index in [-0.39, 0.29) is 5.91 Å². The molecule has 0 aliphatic rings. The lowest BCUT2D eigenvalue weighted by atomic mass is 10.2. The molecule has 0 radical (unpaired) electrons. The number of benzene rings is 2. The fourth-order valence-electron chi connectivity index (χ4n) is 3.05. The van der Waals surface area contributed by atoms with Crippen LogP contribution in [0.2, 0.25) is 0 Å². The number of hydrogen-bond donors (Lipinski definition) is 1. The van der Waals surface area contributed by atoms with E-state index in [1.54, 1.807) is 30.5 Å². The van der Waals surface area contributed by atoms with Crippen molar-refractivity contribution in [2.45, 2.75) is 27.2 Å². The number of aryl methyl sites for hydroxylation is 1. The Labute approximate surface area is 179 Å². The number of amides is 1. The molecule has 0 fully saturated rings. The summed E-state index contributed by atoms with van der Waals surface area (Å²) in [5.41, 5.74) is 7.31. The molecule has 1 aromatic heterocycles. The molecule has 150 valence electrons. The Hall–Kier alpha value is -2.86. The maximum Gasteiger partial charge on any atom is 0.271 e. The van der Waals surface area contributed by atoms with Crippen molar-refractivity contribution in [3.63, 3.8) is 0 Å². The van der Waals surface area contributed by atoms with E-state index in [1.807, 2.05) is 32.0 Å². The number of carbonyl (C=O) groups is 1. The monoisotopic (exact) mass is 453 g/mol. The number of aromatic nitrogens is 1. The first-order chi connectivity index (χ1) is 14.0. The van der Waals surface area contributed by atoms with E-state index in [4.69, 9.17) is 4.74 Å². The van der Waals surface area contributed by atoms with Crippen LogP contribution < -0.4 is 10.2 Å². The lowest BCUT2D eigenvalue weighted by Gasteiger charge is -2.09. The molecular formula is C23H24BrN3O2. The third-order valence-corrected chi connectivity index (χ3v) is 5.04. The van der Waals surface area contributed by atoms with Crippen molar-refractivity contribution in [3.05, 3.63) is 81.6 Å². The molecule has 1 N–H and O–H groups in total. The lowest BCUT2D eigenvalue weighted by molar-refractivity contribution is 0.0955. The Morgan fingerprint density at radius 2 is 1.83 bits per heavy atom. The van der Waals surface area contributed by atoms with Gasteiger partial charge >= 0.3 is 0 Å². The molecule has 2 aromatic carbocycles. The molecular weight excluding hydrogens is 430 g/mol. The van der Waals surface area contributed by atoms with Crippen LogP contribution in [0.1, 0.15) is 40.7 Å². The van der Waals surface area contributed by atoms with Gasteiger partial charge in [-0.25, -0.2) is 5.43 Å². The second kappa shape index (κ2) is 9.56. The van der Waals surface area contributed by atoms with Crippen molar-refractivity contribution in [2.75, 3.05) is 6.61 Å². The normalized spacial score (nSPS) is 11.0. The molecule has 0 saturated carbocycles. The van der Waals surface area contributed by atoms with Gasteiger partial charge in [0.15, 0.2) is 0 Å². The summed E-state index contributed by atoms with van der Waals surface area (Å²) in [6, 6.07) is 17.2. The minimum Gasteiger partial charge on any atom is -0.494 e. The van der Waals surface area contributed by atoms with Crippen LogP contribution >= 0.6 is 15.9 Å². The Morgan fingerprint density at radius 1 is 1.14 bits per heavy atom. The second-order valence-electron chi connectivity index (χ2n) is 6.71. The smallest absolute Gasteiger partial charge is 0.271 e. The van der Waals surface area contributed by atoms with Crippen molar-refractivity contribution in [2.24, 2.45) is 5.10 Å². The van der Waals surface area contributed by atoms with E-state index < -0.39 is 0 Å². The minimum atomic E-state index is -0.259. The molecule has 0 atom stereocenters. The molecule has 0 spiro atoms. The Kier molecular flexibility index (Phi) is 6.88.